The number of anilines is 1. The van der Waals surface area contributed by atoms with Crippen LogP contribution in [0.25, 0.3) is 0 Å². The number of aromatic nitrogens is 1. The van der Waals surface area contributed by atoms with Gasteiger partial charge in [-0.25, -0.2) is 14.6 Å². The Hall–Kier alpha value is -2.11. The monoisotopic (exact) mass is 223 g/mol. The zero-order chi connectivity index (χ0) is 12.1. The number of aromatic carboxylic acids is 1. The highest BCUT2D eigenvalue weighted by Crippen LogP contribution is 2.04. The average molecular weight is 223 g/mol. The van der Waals surface area contributed by atoms with Gasteiger partial charge in [0.2, 0.25) is 0 Å². The lowest BCUT2D eigenvalue weighted by Gasteiger charge is -2.09. The first-order valence-electron chi connectivity index (χ1n) is 4.77. The zero-order valence-electron chi connectivity index (χ0n) is 9.02. The quantitative estimate of drug-likeness (QED) is 0.720. The third kappa shape index (κ3) is 3.56. The highest BCUT2D eigenvalue weighted by Gasteiger charge is 2.07. The number of carboxylic acids is 1. The summed E-state index contributed by atoms with van der Waals surface area (Å²) in [5.74, 6) is -0.925. The lowest BCUT2D eigenvalue weighted by Crippen LogP contribution is -2.34. The lowest BCUT2D eigenvalue weighted by molar-refractivity contribution is 0.0690. The molecule has 86 valence electrons. The largest absolute Gasteiger partial charge is 0.477 e. The van der Waals surface area contributed by atoms with Crippen molar-refractivity contribution in [2.24, 2.45) is 0 Å². The van der Waals surface area contributed by atoms with E-state index in [1.165, 1.54) is 18.2 Å². The average Bonchev–Trinajstić information content (AvgIpc) is 2.16. The minimum absolute atomic E-state index is 0.00246. The molecule has 0 bridgehead atoms. The molecule has 2 amide bonds. The van der Waals surface area contributed by atoms with Gasteiger partial charge in [-0.2, -0.15) is 0 Å². The third-order valence-corrected chi connectivity index (χ3v) is 1.63. The van der Waals surface area contributed by atoms with E-state index in [-0.39, 0.29) is 17.6 Å². The van der Waals surface area contributed by atoms with E-state index in [1.54, 1.807) is 0 Å². The van der Waals surface area contributed by atoms with Crippen LogP contribution in [0.4, 0.5) is 10.6 Å². The molecular formula is C10H13N3O3. The predicted molar refractivity (Wildman–Crippen MR) is 58.5 cm³/mol. The number of carboxylic acid groups (broad SMARTS) is 1. The summed E-state index contributed by atoms with van der Waals surface area (Å²) in [6, 6.07) is 3.98. The molecule has 0 atom stereocenters. The van der Waals surface area contributed by atoms with Crippen molar-refractivity contribution in [3.63, 3.8) is 0 Å². The number of hydrogen-bond donors (Lipinski definition) is 3. The minimum Gasteiger partial charge on any atom is -0.477 e. The van der Waals surface area contributed by atoms with E-state index in [9.17, 15) is 9.59 Å². The smallest absolute Gasteiger partial charge is 0.354 e. The van der Waals surface area contributed by atoms with Gasteiger partial charge in [-0.3, -0.25) is 5.32 Å². The number of carbonyl (C=O) groups excluding carboxylic acids is 1. The number of amides is 2. The van der Waals surface area contributed by atoms with Crippen LogP contribution in [0.2, 0.25) is 0 Å². The van der Waals surface area contributed by atoms with Gasteiger partial charge >= 0.3 is 12.0 Å². The van der Waals surface area contributed by atoms with E-state index in [2.05, 4.69) is 15.6 Å². The molecule has 3 N–H and O–H groups in total. The predicted octanol–water partition coefficient (Wildman–Crippen LogP) is 1.31. The second-order valence-corrected chi connectivity index (χ2v) is 3.47. The second kappa shape index (κ2) is 5.11. The first kappa shape index (κ1) is 12.0. The van der Waals surface area contributed by atoms with Gasteiger partial charge < -0.3 is 10.4 Å². The maximum Gasteiger partial charge on any atom is 0.354 e. The van der Waals surface area contributed by atoms with E-state index in [0.29, 0.717) is 0 Å². The molecule has 0 radical (unpaired) electrons. The number of pyridine rings is 1. The highest BCUT2D eigenvalue weighted by atomic mass is 16.4. The second-order valence-electron chi connectivity index (χ2n) is 3.47. The summed E-state index contributed by atoms with van der Waals surface area (Å²) in [5, 5.41) is 13.7. The van der Waals surface area contributed by atoms with Crippen LogP contribution < -0.4 is 10.6 Å². The van der Waals surface area contributed by atoms with Crippen molar-refractivity contribution < 1.29 is 14.7 Å². The third-order valence-electron chi connectivity index (χ3n) is 1.63. The van der Waals surface area contributed by atoms with Gasteiger partial charge in [0, 0.05) is 6.04 Å². The van der Waals surface area contributed by atoms with Crippen LogP contribution in [0, 0.1) is 0 Å². The molecule has 0 unspecified atom stereocenters. The summed E-state index contributed by atoms with van der Waals surface area (Å²) < 4.78 is 0. The zero-order valence-corrected chi connectivity index (χ0v) is 9.02. The van der Waals surface area contributed by atoms with Crippen LogP contribution in [-0.4, -0.2) is 28.1 Å². The molecule has 1 aromatic heterocycles. The molecule has 0 aliphatic rings. The summed E-state index contributed by atoms with van der Waals surface area (Å²) in [7, 11) is 0. The van der Waals surface area contributed by atoms with Crippen molar-refractivity contribution in [1.82, 2.24) is 10.3 Å². The van der Waals surface area contributed by atoms with Gasteiger partial charge in [0.1, 0.15) is 5.82 Å². The Balaban J connectivity index is 2.70. The van der Waals surface area contributed by atoms with Crippen molar-refractivity contribution in [2.45, 2.75) is 19.9 Å². The van der Waals surface area contributed by atoms with Crippen LogP contribution in [-0.2, 0) is 0 Å². The molecule has 0 saturated carbocycles. The summed E-state index contributed by atoms with van der Waals surface area (Å²) in [6.07, 6.45) is 0. The van der Waals surface area contributed by atoms with Gasteiger partial charge in [0.15, 0.2) is 5.69 Å². The number of rotatable bonds is 3. The van der Waals surface area contributed by atoms with Crippen molar-refractivity contribution in [3.05, 3.63) is 23.9 Å². The van der Waals surface area contributed by atoms with E-state index in [4.69, 9.17) is 5.11 Å². The van der Waals surface area contributed by atoms with E-state index >= 15 is 0 Å². The topological polar surface area (TPSA) is 91.3 Å². The van der Waals surface area contributed by atoms with Crippen LogP contribution in [0.3, 0.4) is 0 Å². The van der Waals surface area contributed by atoms with Gasteiger partial charge in [-0.1, -0.05) is 6.07 Å². The Kier molecular flexibility index (Phi) is 3.82. The van der Waals surface area contributed by atoms with Crippen molar-refractivity contribution >= 4 is 17.8 Å². The van der Waals surface area contributed by atoms with Crippen LogP contribution in [0.15, 0.2) is 18.2 Å². The Morgan fingerprint density at radius 1 is 1.38 bits per heavy atom. The molecule has 16 heavy (non-hydrogen) atoms. The fourth-order valence-electron chi connectivity index (χ4n) is 1.04. The Labute approximate surface area is 92.7 Å². The van der Waals surface area contributed by atoms with E-state index < -0.39 is 12.0 Å². The van der Waals surface area contributed by atoms with Crippen LogP contribution >= 0.6 is 0 Å². The minimum atomic E-state index is -1.13. The number of urea groups is 1. The standard InChI is InChI=1S/C10H13N3O3/c1-6(2)11-10(16)13-8-5-3-4-7(12-8)9(14)15/h3-6H,1-2H3,(H,14,15)(H2,11,12,13,16). The van der Waals surface area contributed by atoms with Gasteiger partial charge in [-0.15, -0.1) is 0 Å². The molecule has 1 rings (SSSR count). The SMILES string of the molecule is CC(C)NC(=O)Nc1cccc(C(=O)O)n1. The molecule has 0 aliphatic carbocycles. The summed E-state index contributed by atoms with van der Waals surface area (Å²) in [4.78, 5) is 25.7. The molecule has 6 heteroatoms. The Morgan fingerprint density at radius 2 is 2.06 bits per heavy atom. The fourth-order valence-corrected chi connectivity index (χ4v) is 1.04. The maximum atomic E-state index is 11.3. The molecule has 1 heterocycles. The van der Waals surface area contributed by atoms with Crippen molar-refractivity contribution in [2.75, 3.05) is 5.32 Å². The number of carbonyl (C=O) groups is 2. The van der Waals surface area contributed by atoms with Crippen LogP contribution in [0.5, 0.6) is 0 Å². The molecule has 0 fully saturated rings. The molecule has 0 spiro atoms. The molecular weight excluding hydrogens is 210 g/mol. The van der Waals surface area contributed by atoms with Gasteiger partial charge in [0.25, 0.3) is 0 Å². The summed E-state index contributed by atoms with van der Waals surface area (Å²) in [6.45, 7) is 3.64. The number of nitrogens with zero attached hydrogens (tertiary/aromatic N) is 1. The van der Waals surface area contributed by atoms with Crippen LogP contribution in [0.1, 0.15) is 24.3 Å². The van der Waals surface area contributed by atoms with Gasteiger partial charge in [0.05, 0.1) is 0 Å². The fraction of sp³-hybridized carbons (Fsp3) is 0.300. The first-order valence-corrected chi connectivity index (χ1v) is 4.77. The Morgan fingerprint density at radius 3 is 2.62 bits per heavy atom. The van der Waals surface area contributed by atoms with E-state index in [0.717, 1.165) is 0 Å². The molecule has 6 nitrogen and oxygen atoms in total. The summed E-state index contributed by atoms with van der Waals surface area (Å²) in [5.41, 5.74) is -0.109. The highest BCUT2D eigenvalue weighted by molar-refractivity contribution is 5.90. The Bertz CT molecular complexity index is 404. The van der Waals surface area contributed by atoms with E-state index in [1.807, 2.05) is 13.8 Å². The maximum absolute atomic E-state index is 11.3. The molecule has 0 saturated heterocycles. The summed E-state index contributed by atoms with van der Waals surface area (Å²) >= 11 is 0. The first-order chi connectivity index (χ1) is 7.49. The van der Waals surface area contributed by atoms with Crippen molar-refractivity contribution in [1.29, 1.82) is 0 Å². The molecule has 1 aromatic rings. The van der Waals surface area contributed by atoms with Crippen molar-refractivity contribution in [3.8, 4) is 0 Å². The lowest BCUT2D eigenvalue weighted by atomic mass is 10.3. The number of nitrogens with one attached hydrogen (secondary N) is 2. The number of hydrogen-bond acceptors (Lipinski definition) is 3. The molecule has 0 aromatic carbocycles. The molecule has 0 aliphatic heterocycles. The van der Waals surface area contributed by atoms with Gasteiger partial charge in [-0.05, 0) is 26.0 Å². The normalized spacial score (nSPS) is 9.94.